The fourth-order valence-electron chi connectivity index (χ4n) is 4.59. The van der Waals surface area contributed by atoms with Crippen LogP contribution in [0.2, 0.25) is 0 Å². The molecule has 2 saturated heterocycles. The second-order valence-corrected chi connectivity index (χ2v) is 10.9. The molecule has 3 rings (SSSR count). The average Bonchev–Trinajstić information content (AvgIpc) is 3.71. The molecule has 0 radical (unpaired) electrons. The van der Waals surface area contributed by atoms with E-state index in [1.54, 1.807) is 0 Å². The zero-order chi connectivity index (χ0) is 25.7. The Morgan fingerprint density at radius 3 is 2.26 bits per heavy atom. The van der Waals surface area contributed by atoms with E-state index in [0.29, 0.717) is 26.4 Å². The first-order valence-corrected chi connectivity index (χ1v) is 13.3. The van der Waals surface area contributed by atoms with Crippen molar-refractivity contribution in [1.82, 2.24) is 5.06 Å². The number of hydroxylamine groups is 2. The lowest BCUT2D eigenvalue weighted by molar-refractivity contribution is -0.329. The molecule has 7 nitrogen and oxygen atoms in total. The molecular weight excluding hydrogens is 446 g/mol. The normalized spacial score (nSPS) is 35.4. The van der Waals surface area contributed by atoms with Gasteiger partial charge >= 0.3 is 0 Å². The minimum Gasteiger partial charge on any atom is -0.491 e. The Morgan fingerprint density at radius 2 is 1.71 bits per heavy atom. The summed E-state index contributed by atoms with van der Waals surface area (Å²) in [4.78, 5) is 6.81. The van der Waals surface area contributed by atoms with Crippen molar-refractivity contribution in [2.75, 3.05) is 39.6 Å². The van der Waals surface area contributed by atoms with E-state index in [2.05, 4.69) is 65.7 Å². The summed E-state index contributed by atoms with van der Waals surface area (Å²) >= 11 is 0. The van der Waals surface area contributed by atoms with Crippen LogP contribution in [0.5, 0.6) is 5.75 Å². The van der Waals surface area contributed by atoms with E-state index in [9.17, 15) is 5.11 Å². The zero-order valence-corrected chi connectivity index (χ0v) is 22.8. The second kappa shape index (κ2) is 11.9. The first-order valence-electron chi connectivity index (χ1n) is 13.3. The minimum absolute atomic E-state index is 0.0482. The largest absolute Gasteiger partial charge is 0.491 e. The van der Waals surface area contributed by atoms with Crippen molar-refractivity contribution in [2.45, 2.75) is 97.1 Å². The van der Waals surface area contributed by atoms with Gasteiger partial charge in [-0.15, -0.1) is 0 Å². The Labute approximate surface area is 212 Å². The lowest BCUT2D eigenvalue weighted by Gasteiger charge is -2.54. The summed E-state index contributed by atoms with van der Waals surface area (Å²) in [7, 11) is 0. The highest BCUT2D eigenvalue weighted by Crippen LogP contribution is 2.40. The molecule has 1 N–H and O–H groups in total. The third-order valence-electron chi connectivity index (χ3n) is 8.30. The number of aliphatic hydroxyl groups excluding tert-OH is 1. The minimum atomic E-state index is -0.401. The van der Waals surface area contributed by atoms with Gasteiger partial charge in [0.05, 0.1) is 50.2 Å². The summed E-state index contributed by atoms with van der Waals surface area (Å²) in [6, 6.07) is 8.11. The number of rotatable bonds is 10. The van der Waals surface area contributed by atoms with Crippen molar-refractivity contribution in [1.29, 1.82) is 0 Å². The summed E-state index contributed by atoms with van der Waals surface area (Å²) in [5.74, 6) is 0.839. The predicted octanol–water partition coefficient (Wildman–Crippen LogP) is 4.92. The van der Waals surface area contributed by atoms with Crippen molar-refractivity contribution < 1.29 is 28.9 Å². The molecule has 6 unspecified atom stereocenters. The van der Waals surface area contributed by atoms with Gasteiger partial charge in [-0.1, -0.05) is 32.9 Å². The molecule has 35 heavy (non-hydrogen) atoms. The van der Waals surface area contributed by atoms with Gasteiger partial charge in [-0.25, -0.2) is 0 Å². The Kier molecular flexibility index (Phi) is 9.63. The quantitative estimate of drug-likeness (QED) is 0.464. The molecule has 2 aliphatic rings. The third-order valence-corrected chi connectivity index (χ3v) is 8.30. The maximum Gasteiger partial charge on any atom is 0.119 e. The van der Waals surface area contributed by atoms with Crippen LogP contribution in [0.15, 0.2) is 24.3 Å². The van der Waals surface area contributed by atoms with Gasteiger partial charge in [-0.05, 0) is 64.7 Å². The SMILES string of the molecule is CCC1(CO)COCC(C)(CC)N(OC(C)c2ccc(OCC3CO3)cc2)C(C)(CC)C(C)OC1. The van der Waals surface area contributed by atoms with E-state index >= 15 is 0 Å². The van der Waals surface area contributed by atoms with Gasteiger partial charge in [0.25, 0.3) is 0 Å². The van der Waals surface area contributed by atoms with Crippen molar-refractivity contribution in [2.24, 2.45) is 5.41 Å². The molecule has 0 saturated carbocycles. The lowest BCUT2D eigenvalue weighted by Crippen LogP contribution is -2.65. The fraction of sp³-hybridized carbons (Fsp3) is 0.786. The van der Waals surface area contributed by atoms with Gasteiger partial charge in [-0.2, -0.15) is 5.06 Å². The third kappa shape index (κ3) is 6.56. The molecule has 6 atom stereocenters. The summed E-state index contributed by atoms with van der Waals surface area (Å²) in [5, 5.41) is 12.3. The Morgan fingerprint density at radius 1 is 1.03 bits per heavy atom. The Balaban J connectivity index is 1.83. The van der Waals surface area contributed by atoms with Crippen LogP contribution in [0.3, 0.4) is 0 Å². The Hall–Kier alpha value is -1.22. The van der Waals surface area contributed by atoms with Crippen LogP contribution in [0.1, 0.15) is 79.4 Å². The van der Waals surface area contributed by atoms with Gasteiger partial charge in [0.1, 0.15) is 24.6 Å². The number of epoxide rings is 1. The van der Waals surface area contributed by atoms with Crippen molar-refractivity contribution in [3.8, 4) is 5.75 Å². The number of nitrogens with zero attached hydrogens (tertiary/aromatic N) is 1. The first kappa shape index (κ1) is 28.4. The molecule has 0 aliphatic carbocycles. The number of aliphatic hydroxyl groups is 1. The molecule has 0 amide bonds. The van der Waals surface area contributed by atoms with E-state index < -0.39 is 5.54 Å². The van der Waals surface area contributed by atoms with Crippen LogP contribution in [-0.4, -0.2) is 73.1 Å². The van der Waals surface area contributed by atoms with E-state index in [-0.39, 0.29) is 35.9 Å². The van der Waals surface area contributed by atoms with Crippen LogP contribution in [0.4, 0.5) is 0 Å². The van der Waals surface area contributed by atoms with Gasteiger partial charge in [0, 0.05) is 5.41 Å². The molecule has 7 heteroatoms. The molecule has 0 spiro atoms. The van der Waals surface area contributed by atoms with E-state index in [4.69, 9.17) is 23.8 Å². The number of benzene rings is 1. The molecule has 1 aromatic rings. The standard InChI is InChI=1S/C28H47NO6/c1-8-26(6)18-31-19-28(10-3,17-30)20-34-22(5)27(7,9-2)29(26)35-21(4)23-11-13-24(14-12-23)32-15-25-16-33-25/h11-14,21-22,25,30H,8-10,15-20H2,1-7H3. The molecule has 2 heterocycles. The summed E-state index contributed by atoms with van der Waals surface area (Å²) in [5.41, 5.74) is -0.0876. The van der Waals surface area contributed by atoms with Crippen molar-refractivity contribution in [3.05, 3.63) is 29.8 Å². The summed E-state index contributed by atoms with van der Waals surface area (Å²) < 4.78 is 23.8. The zero-order valence-electron chi connectivity index (χ0n) is 22.8. The van der Waals surface area contributed by atoms with Crippen molar-refractivity contribution in [3.63, 3.8) is 0 Å². The highest BCUT2D eigenvalue weighted by atomic mass is 16.7. The maximum atomic E-state index is 10.2. The topological polar surface area (TPSA) is 72.9 Å². The van der Waals surface area contributed by atoms with Gasteiger partial charge in [-0.3, -0.25) is 4.84 Å². The smallest absolute Gasteiger partial charge is 0.119 e. The first-order chi connectivity index (χ1) is 16.6. The molecule has 0 aromatic heterocycles. The molecular formula is C28H47NO6. The van der Waals surface area contributed by atoms with Gasteiger partial charge in [0.15, 0.2) is 0 Å². The maximum absolute atomic E-state index is 10.2. The van der Waals surface area contributed by atoms with E-state index in [1.807, 2.05) is 12.1 Å². The highest BCUT2D eigenvalue weighted by Gasteiger charge is 2.49. The molecule has 200 valence electrons. The average molecular weight is 494 g/mol. The van der Waals surface area contributed by atoms with Gasteiger partial charge in [0.2, 0.25) is 0 Å². The highest BCUT2D eigenvalue weighted by molar-refractivity contribution is 5.28. The molecule has 2 aliphatic heterocycles. The van der Waals surface area contributed by atoms with E-state index in [1.165, 1.54) is 0 Å². The number of hydrogen-bond donors (Lipinski definition) is 1. The van der Waals surface area contributed by atoms with Crippen LogP contribution in [-0.2, 0) is 19.0 Å². The van der Waals surface area contributed by atoms with Crippen LogP contribution < -0.4 is 4.74 Å². The van der Waals surface area contributed by atoms with Gasteiger partial charge < -0.3 is 24.1 Å². The fourth-order valence-corrected chi connectivity index (χ4v) is 4.59. The van der Waals surface area contributed by atoms with Crippen molar-refractivity contribution >= 4 is 0 Å². The monoisotopic (exact) mass is 493 g/mol. The lowest BCUT2D eigenvalue weighted by atomic mass is 9.84. The van der Waals surface area contributed by atoms with Crippen LogP contribution >= 0.6 is 0 Å². The molecule has 2 fully saturated rings. The van der Waals surface area contributed by atoms with Crippen LogP contribution in [0, 0.1) is 5.41 Å². The summed E-state index contributed by atoms with van der Waals surface area (Å²) in [6.07, 6.45) is 2.44. The Bertz CT molecular complexity index is 780. The predicted molar refractivity (Wildman–Crippen MR) is 136 cm³/mol. The molecule has 1 aromatic carbocycles. The summed E-state index contributed by atoms with van der Waals surface area (Å²) in [6.45, 7) is 17.9. The van der Waals surface area contributed by atoms with Crippen LogP contribution in [0.25, 0.3) is 0 Å². The number of ether oxygens (including phenoxy) is 4. The number of hydrogen-bond acceptors (Lipinski definition) is 7. The van der Waals surface area contributed by atoms with E-state index in [0.717, 1.165) is 37.2 Å². The molecule has 0 bridgehead atoms. The second-order valence-electron chi connectivity index (χ2n) is 10.9.